The summed E-state index contributed by atoms with van der Waals surface area (Å²) in [5, 5.41) is 3.63. The summed E-state index contributed by atoms with van der Waals surface area (Å²) in [6.07, 6.45) is 5.28. The Balaban J connectivity index is 1.86. The molecule has 2 fully saturated rings. The minimum atomic E-state index is -0.114. The summed E-state index contributed by atoms with van der Waals surface area (Å²) < 4.78 is 0. The first-order valence-corrected chi connectivity index (χ1v) is 8.41. The second kappa shape index (κ2) is 4.92. The molecule has 1 aliphatic carbocycles. The summed E-state index contributed by atoms with van der Waals surface area (Å²) >= 11 is 0. The number of carbonyl (C=O) groups excluding carboxylic acids is 2. The third kappa shape index (κ3) is 2.62. The Morgan fingerprint density at radius 1 is 1.05 bits per heavy atom. The van der Waals surface area contributed by atoms with Gasteiger partial charge in [-0.2, -0.15) is 0 Å². The van der Waals surface area contributed by atoms with Gasteiger partial charge in [0.1, 0.15) is 0 Å². The first kappa shape index (κ1) is 15.7. The van der Waals surface area contributed by atoms with Crippen molar-refractivity contribution in [2.24, 2.45) is 11.8 Å². The average molecular weight is 304 g/mol. The van der Waals surface area contributed by atoms with Crippen molar-refractivity contribution < 1.29 is 9.59 Å². The van der Waals surface area contributed by atoms with E-state index in [-0.39, 0.29) is 40.8 Å². The van der Waals surface area contributed by atoms with Crippen LogP contribution in [0, 0.1) is 11.8 Å². The molecule has 1 N–H and O–H groups in total. The SMILES string of the molecule is CC1=CCC2C(=O)N(C3CC(C)(C)NC(C)(C)C3)C(=O)C2C1. The second-order valence-corrected chi connectivity index (χ2v) is 8.70. The summed E-state index contributed by atoms with van der Waals surface area (Å²) in [5.74, 6) is -0.0888. The van der Waals surface area contributed by atoms with Crippen LogP contribution in [-0.2, 0) is 9.59 Å². The zero-order valence-electron chi connectivity index (χ0n) is 14.4. The van der Waals surface area contributed by atoms with Crippen LogP contribution in [0.15, 0.2) is 11.6 Å². The number of piperidine rings is 1. The fourth-order valence-corrected chi connectivity index (χ4v) is 4.87. The van der Waals surface area contributed by atoms with E-state index in [1.54, 1.807) is 4.90 Å². The number of amides is 2. The predicted molar refractivity (Wildman–Crippen MR) is 86.1 cm³/mol. The molecule has 2 heterocycles. The maximum atomic E-state index is 12.9. The highest BCUT2D eigenvalue weighted by atomic mass is 16.2. The van der Waals surface area contributed by atoms with Crippen LogP contribution in [-0.4, -0.2) is 33.8 Å². The summed E-state index contributed by atoms with van der Waals surface area (Å²) in [4.78, 5) is 27.3. The molecular formula is C18H28N2O2. The van der Waals surface area contributed by atoms with Crippen molar-refractivity contribution in [1.29, 1.82) is 0 Å². The molecule has 0 bridgehead atoms. The van der Waals surface area contributed by atoms with Crippen molar-refractivity contribution in [3.05, 3.63) is 11.6 Å². The van der Waals surface area contributed by atoms with E-state index in [0.29, 0.717) is 0 Å². The van der Waals surface area contributed by atoms with Crippen molar-refractivity contribution in [2.45, 2.75) is 77.4 Å². The molecule has 0 spiro atoms. The molecule has 4 nitrogen and oxygen atoms in total. The van der Waals surface area contributed by atoms with Crippen molar-refractivity contribution in [3.63, 3.8) is 0 Å². The van der Waals surface area contributed by atoms with Gasteiger partial charge in [-0.15, -0.1) is 0 Å². The lowest BCUT2D eigenvalue weighted by molar-refractivity contribution is -0.144. The minimum Gasteiger partial charge on any atom is -0.307 e. The first-order chi connectivity index (χ1) is 10.1. The zero-order chi connectivity index (χ0) is 16.3. The highest BCUT2D eigenvalue weighted by Crippen LogP contribution is 2.41. The number of imide groups is 1. The second-order valence-electron chi connectivity index (χ2n) is 8.70. The molecule has 0 radical (unpaired) electrons. The van der Waals surface area contributed by atoms with Crippen LogP contribution in [0.25, 0.3) is 0 Å². The van der Waals surface area contributed by atoms with Crippen LogP contribution >= 0.6 is 0 Å². The van der Waals surface area contributed by atoms with E-state index in [2.05, 4.69) is 46.0 Å². The standard InChI is InChI=1S/C18H28N2O2/c1-11-6-7-13-14(8-11)16(22)20(15(13)21)12-9-17(2,3)19-18(4,5)10-12/h6,12-14,19H,7-10H2,1-5H3. The number of likely N-dealkylation sites (tertiary alicyclic amines) is 1. The van der Waals surface area contributed by atoms with Gasteiger partial charge in [-0.1, -0.05) is 11.6 Å². The van der Waals surface area contributed by atoms with Crippen molar-refractivity contribution in [2.75, 3.05) is 0 Å². The molecule has 0 aromatic heterocycles. The molecule has 3 rings (SSSR count). The van der Waals surface area contributed by atoms with Crippen LogP contribution in [0.5, 0.6) is 0 Å². The van der Waals surface area contributed by atoms with E-state index in [1.807, 2.05) is 0 Å². The maximum absolute atomic E-state index is 12.9. The van der Waals surface area contributed by atoms with Crippen LogP contribution in [0.4, 0.5) is 0 Å². The molecule has 4 heteroatoms. The maximum Gasteiger partial charge on any atom is 0.233 e. The number of hydrogen-bond acceptors (Lipinski definition) is 3. The summed E-state index contributed by atoms with van der Waals surface area (Å²) in [6, 6.07) is 0.0251. The van der Waals surface area contributed by atoms with Gasteiger partial charge in [-0.3, -0.25) is 14.5 Å². The van der Waals surface area contributed by atoms with Crippen molar-refractivity contribution in [3.8, 4) is 0 Å². The van der Waals surface area contributed by atoms with Gasteiger partial charge >= 0.3 is 0 Å². The van der Waals surface area contributed by atoms with Crippen LogP contribution in [0.1, 0.15) is 60.3 Å². The van der Waals surface area contributed by atoms with Gasteiger partial charge in [0.2, 0.25) is 11.8 Å². The predicted octanol–water partition coefficient (Wildman–Crippen LogP) is 2.64. The molecule has 122 valence electrons. The quantitative estimate of drug-likeness (QED) is 0.598. The fourth-order valence-electron chi connectivity index (χ4n) is 4.87. The number of nitrogens with zero attached hydrogens (tertiary/aromatic N) is 1. The number of fused-ring (bicyclic) bond motifs is 1. The molecule has 2 amide bonds. The molecule has 0 saturated carbocycles. The number of allylic oxidation sites excluding steroid dienone is 2. The number of hydrogen-bond donors (Lipinski definition) is 1. The van der Waals surface area contributed by atoms with Gasteiger partial charge < -0.3 is 5.32 Å². The minimum absolute atomic E-state index is 0.0251. The lowest BCUT2D eigenvalue weighted by Gasteiger charge is -2.48. The fraction of sp³-hybridized carbons (Fsp3) is 0.778. The molecule has 2 unspecified atom stereocenters. The number of carbonyl (C=O) groups is 2. The first-order valence-electron chi connectivity index (χ1n) is 8.41. The molecule has 3 aliphatic rings. The van der Waals surface area contributed by atoms with Crippen molar-refractivity contribution >= 4 is 11.8 Å². The van der Waals surface area contributed by atoms with Gasteiger partial charge in [0.15, 0.2) is 0 Å². The highest BCUT2D eigenvalue weighted by molar-refractivity contribution is 6.05. The summed E-state index contributed by atoms with van der Waals surface area (Å²) in [5.41, 5.74) is 1.12. The van der Waals surface area contributed by atoms with E-state index < -0.39 is 0 Å². The van der Waals surface area contributed by atoms with Gasteiger partial charge in [-0.05, 0) is 60.3 Å². The zero-order valence-corrected chi connectivity index (χ0v) is 14.4. The Bertz CT molecular complexity index is 531. The molecule has 2 atom stereocenters. The summed E-state index contributed by atoms with van der Waals surface area (Å²) in [7, 11) is 0. The Labute approximate surface area is 133 Å². The third-order valence-corrected chi connectivity index (χ3v) is 5.39. The molecular weight excluding hydrogens is 276 g/mol. The number of nitrogens with one attached hydrogen (secondary N) is 1. The van der Waals surface area contributed by atoms with Gasteiger partial charge in [0, 0.05) is 17.1 Å². The Morgan fingerprint density at radius 2 is 1.59 bits per heavy atom. The van der Waals surface area contributed by atoms with Crippen LogP contribution in [0.2, 0.25) is 0 Å². The van der Waals surface area contributed by atoms with E-state index >= 15 is 0 Å². The Hall–Kier alpha value is -1.16. The molecule has 0 aromatic rings. The lowest BCUT2D eigenvalue weighted by Crippen LogP contribution is -2.63. The molecule has 22 heavy (non-hydrogen) atoms. The Kier molecular flexibility index (Phi) is 3.52. The van der Waals surface area contributed by atoms with Gasteiger partial charge in [-0.25, -0.2) is 0 Å². The monoisotopic (exact) mass is 304 g/mol. The average Bonchev–Trinajstić information content (AvgIpc) is 2.57. The third-order valence-electron chi connectivity index (χ3n) is 5.39. The molecule has 2 aliphatic heterocycles. The molecule has 2 saturated heterocycles. The molecule has 0 aromatic carbocycles. The van der Waals surface area contributed by atoms with Crippen LogP contribution in [0.3, 0.4) is 0 Å². The largest absolute Gasteiger partial charge is 0.307 e. The van der Waals surface area contributed by atoms with E-state index in [1.165, 1.54) is 5.57 Å². The normalized spacial score (nSPS) is 34.6. The Morgan fingerprint density at radius 3 is 2.18 bits per heavy atom. The van der Waals surface area contributed by atoms with Crippen LogP contribution < -0.4 is 5.32 Å². The van der Waals surface area contributed by atoms with E-state index in [4.69, 9.17) is 0 Å². The summed E-state index contributed by atoms with van der Waals surface area (Å²) in [6.45, 7) is 10.7. The number of rotatable bonds is 1. The highest BCUT2D eigenvalue weighted by Gasteiger charge is 2.52. The topological polar surface area (TPSA) is 49.4 Å². The van der Waals surface area contributed by atoms with Gasteiger partial charge in [0.05, 0.1) is 11.8 Å². The van der Waals surface area contributed by atoms with Crippen molar-refractivity contribution in [1.82, 2.24) is 10.2 Å². The van der Waals surface area contributed by atoms with E-state index in [9.17, 15) is 9.59 Å². The van der Waals surface area contributed by atoms with Gasteiger partial charge in [0.25, 0.3) is 0 Å². The smallest absolute Gasteiger partial charge is 0.233 e. The lowest BCUT2D eigenvalue weighted by atomic mass is 9.79. The van der Waals surface area contributed by atoms with E-state index in [0.717, 1.165) is 25.7 Å².